The quantitative estimate of drug-likeness (QED) is 0.585. The van der Waals surface area contributed by atoms with Crippen molar-refractivity contribution in [2.45, 2.75) is 25.4 Å². The lowest BCUT2D eigenvalue weighted by Gasteiger charge is -2.38. The van der Waals surface area contributed by atoms with Gasteiger partial charge in [-0.25, -0.2) is 0 Å². The molecule has 1 N–H and O–H groups in total. The maximum atomic E-state index is 13.0. The number of piperidine rings is 1. The van der Waals surface area contributed by atoms with E-state index >= 15 is 0 Å². The number of likely N-dealkylation sites (tertiary alicyclic amines) is 1. The Kier molecular flexibility index (Phi) is 6.01. The van der Waals surface area contributed by atoms with Crippen LogP contribution in [0.2, 0.25) is 0 Å². The van der Waals surface area contributed by atoms with Crippen LogP contribution in [0.3, 0.4) is 0 Å². The highest BCUT2D eigenvalue weighted by atomic mass is 16.6. The Labute approximate surface area is 179 Å². The first kappa shape index (κ1) is 20.6. The molecule has 162 valence electrons. The average Bonchev–Trinajstić information content (AvgIpc) is 2.79. The molecule has 2 aliphatic rings. The minimum atomic E-state index is -0.702. The number of nitrogens with zero attached hydrogens (tertiary/aromatic N) is 3. The molecule has 9 nitrogen and oxygen atoms in total. The van der Waals surface area contributed by atoms with Gasteiger partial charge in [-0.15, -0.1) is 0 Å². The van der Waals surface area contributed by atoms with Crippen molar-refractivity contribution in [2.24, 2.45) is 0 Å². The van der Waals surface area contributed by atoms with Gasteiger partial charge in [-0.2, -0.15) is 0 Å². The molecule has 2 aromatic carbocycles. The fourth-order valence-corrected chi connectivity index (χ4v) is 4.00. The molecule has 0 radical (unpaired) electrons. The van der Waals surface area contributed by atoms with Crippen molar-refractivity contribution in [3.63, 3.8) is 0 Å². The molecule has 1 atom stereocenters. The summed E-state index contributed by atoms with van der Waals surface area (Å²) < 4.78 is 5.97. The molecule has 31 heavy (non-hydrogen) atoms. The molecule has 9 heteroatoms. The Bertz CT molecular complexity index is 989. The second-order valence-electron chi connectivity index (χ2n) is 7.66. The minimum Gasteiger partial charge on any atom is -0.477 e. The van der Waals surface area contributed by atoms with Crippen molar-refractivity contribution in [3.8, 4) is 5.75 Å². The van der Waals surface area contributed by atoms with Crippen LogP contribution in [-0.2, 0) is 9.59 Å². The van der Waals surface area contributed by atoms with E-state index in [2.05, 4.69) is 5.32 Å². The first-order chi connectivity index (χ1) is 15.0. The zero-order chi connectivity index (χ0) is 21.8. The lowest BCUT2D eigenvalue weighted by molar-refractivity contribution is -0.383. The Morgan fingerprint density at radius 2 is 1.77 bits per heavy atom. The van der Waals surface area contributed by atoms with Gasteiger partial charge >= 0.3 is 0 Å². The maximum absolute atomic E-state index is 13.0. The zero-order valence-corrected chi connectivity index (χ0v) is 17.0. The largest absolute Gasteiger partial charge is 0.477 e. The number of hydrogen-bond donors (Lipinski definition) is 1. The number of para-hydroxylation sites is 4. The van der Waals surface area contributed by atoms with Gasteiger partial charge in [0.25, 0.3) is 11.6 Å². The molecule has 0 aliphatic carbocycles. The normalized spacial score (nSPS) is 18.0. The van der Waals surface area contributed by atoms with Gasteiger partial charge in [-0.1, -0.05) is 24.3 Å². The van der Waals surface area contributed by atoms with Gasteiger partial charge in [0.15, 0.2) is 6.10 Å². The van der Waals surface area contributed by atoms with E-state index in [0.717, 1.165) is 32.4 Å². The standard InChI is InChI=1S/C22H24N4O5/c27-21(23-16-8-2-3-9-17(16)26(29)30)15-25-14-20(22(28)24-12-6-1-7-13-24)31-19-11-5-4-10-18(19)25/h2-5,8-11,20H,1,6-7,12-15H2,(H,23,27). The summed E-state index contributed by atoms with van der Waals surface area (Å²) in [6.45, 7) is 1.61. The van der Waals surface area contributed by atoms with Gasteiger partial charge in [-0.3, -0.25) is 19.7 Å². The van der Waals surface area contributed by atoms with Crippen LogP contribution >= 0.6 is 0 Å². The third-order valence-electron chi connectivity index (χ3n) is 5.51. The number of ether oxygens (including phenoxy) is 1. The molecule has 2 heterocycles. The summed E-state index contributed by atoms with van der Waals surface area (Å²) in [7, 11) is 0. The van der Waals surface area contributed by atoms with Crippen molar-refractivity contribution in [1.29, 1.82) is 0 Å². The first-order valence-corrected chi connectivity index (χ1v) is 10.4. The Morgan fingerprint density at radius 1 is 1.06 bits per heavy atom. The van der Waals surface area contributed by atoms with Crippen LogP contribution in [-0.4, -0.2) is 53.9 Å². The average molecular weight is 424 g/mol. The van der Waals surface area contributed by atoms with Gasteiger partial charge in [0.2, 0.25) is 5.91 Å². The molecular weight excluding hydrogens is 400 g/mol. The first-order valence-electron chi connectivity index (χ1n) is 10.4. The second kappa shape index (κ2) is 9.03. The van der Waals surface area contributed by atoms with E-state index in [1.165, 1.54) is 12.1 Å². The van der Waals surface area contributed by atoms with Crippen LogP contribution < -0.4 is 15.0 Å². The molecule has 2 amide bonds. The number of carbonyl (C=O) groups is 2. The predicted molar refractivity (Wildman–Crippen MR) is 115 cm³/mol. The number of amides is 2. The van der Waals surface area contributed by atoms with Gasteiger partial charge in [0, 0.05) is 19.2 Å². The highest BCUT2D eigenvalue weighted by molar-refractivity contribution is 5.96. The number of benzene rings is 2. The van der Waals surface area contributed by atoms with Crippen molar-refractivity contribution >= 4 is 28.9 Å². The number of nitro benzene ring substituents is 1. The van der Waals surface area contributed by atoms with Gasteiger partial charge in [0.05, 0.1) is 23.7 Å². The number of hydrogen-bond acceptors (Lipinski definition) is 6. The summed E-state index contributed by atoms with van der Waals surface area (Å²) in [6, 6.07) is 13.3. The highest BCUT2D eigenvalue weighted by Crippen LogP contribution is 2.34. The fraction of sp³-hybridized carbons (Fsp3) is 0.364. The highest BCUT2D eigenvalue weighted by Gasteiger charge is 2.34. The molecule has 4 rings (SSSR count). The second-order valence-corrected chi connectivity index (χ2v) is 7.66. The van der Waals surface area contributed by atoms with E-state index in [9.17, 15) is 19.7 Å². The van der Waals surface area contributed by atoms with E-state index < -0.39 is 16.9 Å². The summed E-state index contributed by atoms with van der Waals surface area (Å²) in [5.74, 6) is 0.0658. The number of nitrogens with one attached hydrogen (secondary N) is 1. The minimum absolute atomic E-state index is 0.0593. The smallest absolute Gasteiger partial charge is 0.292 e. The van der Waals surface area contributed by atoms with E-state index in [0.29, 0.717) is 11.4 Å². The van der Waals surface area contributed by atoms with Crippen LogP contribution in [0.15, 0.2) is 48.5 Å². The van der Waals surface area contributed by atoms with Crippen LogP contribution in [0.1, 0.15) is 19.3 Å². The number of anilines is 2. The van der Waals surface area contributed by atoms with E-state index in [4.69, 9.17) is 4.74 Å². The lowest BCUT2D eigenvalue weighted by Crippen LogP contribution is -2.52. The van der Waals surface area contributed by atoms with Gasteiger partial charge in [0.1, 0.15) is 11.4 Å². The molecule has 1 fully saturated rings. The predicted octanol–water partition coefficient (Wildman–Crippen LogP) is 2.81. The van der Waals surface area contributed by atoms with Crippen molar-refractivity contribution in [3.05, 3.63) is 58.6 Å². The van der Waals surface area contributed by atoms with Crippen LogP contribution in [0, 0.1) is 10.1 Å². The summed E-state index contributed by atoms with van der Waals surface area (Å²) in [5.41, 5.74) is 0.680. The third kappa shape index (κ3) is 4.60. The molecule has 1 unspecified atom stereocenters. The Hall–Kier alpha value is -3.62. The molecular formula is C22H24N4O5. The molecule has 1 saturated heterocycles. The zero-order valence-electron chi connectivity index (χ0n) is 17.0. The lowest BCUT2D eigenvalue weighted by atomic mass is 10.1. The molecule has 2 aromatic rings. The topological polar surface area (TPSA) is 105 Å². The van der Waals surface area contributed by atoms with Crippen molar-refractivity contribution in [2.75, 3.05) is 36.4 Å². The fourth-order valence-electron chi connectivity index (χ4n) is 4.00. The maximum Gasteiger partial charge on any atom is 0.292 e. The van der Waals surface area contributed by atoms with Gasteiger partial charge < -0.3 is 19.9 Å². The van der Waals surface area contributed by atoms with Crippen LogP contribution in [0.5, 0.6) is 5.75 Å². The number of fused-ring (bicyclic) bond motifs is 1. The van der Waals surface area contributed by atoms with Crippen LogP contribution in [0.25, 0.3) is 0 Å². The van der Waals surface area contributed by atoms with Crippen molar-refractivity contribution < 1.29 is 19.2 Å². The van der Waals surface area contributed by atoms with Crippen LogP contribution in [0.4, 0.5) is 17.1 Å². The van der Waals surface area contributed by atoms with Crippen molar-refractivity contribution in [1.82, 2.24) is 4.90 Å². The molecule has 0 spiro atoms. The summed E-state index contributed by atoms with van der Waals surface area (Å²) in [6.07, 6.45) is 2.39. The van der Waals surface area contributed by atoms with E-state index in [1.807, 2.05) is 23.1 Å². The molecule has 0 bridgehead atoms. The Balaban J connectivity index is 1.50. The number of nitro groups is 1. The van der Waals surface area contributed by atoms with Gasteiger partial charge in [-0.05, 0) is 37.5 Å². The number of rotatable bonds is 5. The SMILES string of the molecule is O=C(CN1CC(C(=O)N2CCCCC2)Oc2ccccc21)Nc1ccccc1[N+](=O)[O-]. The monoisotopic (exact) mass is 424 g/mol. The molecule has 0 aromatic heterocycles. The van der Waals surface area contributed by atoms with E-state index in [1.54, 1.807) is 23.1 Å². The summed E-state index contributed by atoms with van der Waals surface area (Å²) in [5, 5.41) is 13.8. The molecule has 2 aliphatic heterocycles. The summed E-state index contributed by atoms with van der Waals surface area (Å²) in [4.78, 5) is 40.0. The summed E-state index contributed by atoms with van der Waals surface area (Å²) >= 11 is 0. The third-order valence-corrected chi connectivity index (χ3v) is 5.51. The Morgan fingerprint density at radius 3 is 2.55 bits per heavy atom. The van der Waals surface area contributed by atoms with E-state index in [-0.39, 0.29) is 30.4 Å². The number of carbonyl (C=O) groups excluding carboxylic acids is 2. The molecule has 0 saturated carbocycles.